The zero-order valence-corrected chi connectivity index (χ0v) is 20.2. The first-order valence-corrected chi connectivity index (χ1v) is 11.8. The Labute approximate surface area is 207 Å². The Morgan fingerprint density at radius 1 is 0.714 bits per heavy atom. The lowest BCUT2D eigenvalue weighted by Gasteiger charge is -2.24. The molecule has 0 saturated heterocycles. The third kappa shape index (κ3) is 6.45. The van der Waals surface area contributed by atoms with Crippen LogP contribution in [0.25, 0.3) is 0 Å². The van der Waals surface area contributed by atoms with Gasteiger partial charge in [-0.1, -0.05) is 90.5 Å². The van der Waals surface area contributed by atoms with Crippen molar-refractivity contribution in [1.82, 2.24) is 5.32 Å². The lowest BCUT2D eigenvalue weighted by Crippen LogP contribution is -2.31. The Kier molecular flexibility index (Phi) is 7.74. The highest BCUT2D eigenvalue weighted by atomic mass is 16.2. The third-order valence-corrected chi connectivity index (χ3v) is 6.00. The Morgan fingerprint density at radius 3 is 2.14 bits per heavy atom. The minimum atomic E-state index is -0.0608. The summed E-state index contributed by atoms with van der Waals surface area (Å²) >= 11 is 0. The van der Waals surface area contributed by atoms with Crippen LogP contribution in [0.3, 0.4) is 0 Å². The van der Waals surface area contributed by atoms with E-state index in [-0.39, 0.29) is 18.2 Å². The van der Waals surface area contributed by atoms with E-state index in [1.54, 1.807) is 4.90 Å². The minimum absolute atomic E-state index is 0.0543. The summed E-state index contributed by atoms with van der Waals surface area (Å²) in [7, 11) is 0. The Hall–Kier alpha value is -4.18. The van der Waals surface area contributed by atoms with E-state index in [9.17, 15) is 9.59 Å². The van der Waals surface area contributed by atoms with Gasteiger partial charge in [0.05, 0.1) is 13.0 Å². The number of hydrogen-bond donors (Lipinski definition) is 1. The number of benzene rings is 4. The molecule has 4 heteroatoms. The van der Waals surface area contributed by atoms with Crippen LogP contribution < -0.4 is 10.2 Å². The van der Waals surface area contributed by atoms with Crippen molar-refractivity contribution in [3.05, 3.63) is 137 Å². The largest absolute Gasteiger partial charge is 0.352 e. The van der Waals surface area contributed by atoms with Gasteiger partial charge in [0.1, 0.15) is 0 Å². The standard InChI is InChI=1S/C31H30N2O2/c1-23-15-17-26(18-16-23)22-33(31(35)29-14-7-6-9-24(29)2)28-13-8-12-27(19-28)20-30(34)32-21-25-10-4-3-5-11-25/h3-19H,20-22H2,1-2H3,(H,32,34). The van der Waals surface area contributed by atoms with Gasteiger partial charge in [-0.15, -0.1) is 0 Å². The number of carbonyl (C=O) groups is 2. The first kappa shape index (κ1) is 24.0. The molecule has 4 aromatic carbocycles. The summed E-state index contributed by atoms with van der Waals surface area (Å²) in [5, 5.41) is 2.98. The molecule has 0 spiro atoms. The number of carbonyl (C=O) groups excluding carboxylic acids is 2. The van der Waals surface area contributed by atoms with E-state index in [0.717, 1.165) is 27.9 Å². The quantitative estimate of drug-likeness (QED) is 0.349. The van der Waals surface area contributed by atoms with Crippen LogP contribution in [-0.2, 0) is 24.3 Å². The first-order chi connectivity index (χ1) is 17.0. The van der Waals surface area contributed by atoms with Crippen LogP contribution in [0.2, 0.25) is 0 Å². The molecule has 0 aromatic heterocycles. The molecule has 176 valence electrons. The van der Waals surface area contributed by atoms with Crippen LogP contribution in [0.1, 0.15) is 38.2 Å². The van der Waals surface area contributed by atoms with E-state index in [2.05, 4.69) is 17.4 Å². The molecule has 2 amide bonds. The fourth-order valence-corrected chi connectivity index (χ4v) is 3.99. The van der Waals surface area contributed by atoms with Crippen molar-refractivity contribution in [3.8, 4) is 0 Å². The molecule has 4 nitrogen and oxygen atoms in total. The average Bonchev–Trinajstić information content (AvgIpc) is 2.88. The molecular weight excluding hydrogens is 432 g/mol. The normalized spacial score (nSPS) is 10.6. The smallest absolute Gasteiger partial charge is 0.258 e. The summed E-state index contributed by atoms with van der Waals surface area (Å²) in [5.41, 5.74) is 6.51. The van der Waals surface area contributed by atoms with Crippen LogP contribution in [0, 0.1) is 13.8 Å². The molecule has 0 fully saturated rings. The molecule has 0 atom stereocenters. The minimum Gasteiger partial charge on any atom is -0.352 e. The fourth-order valence-electron chi connectivity index (χ4n) is 3.99. The Bertz CT molecular complexity index is 1300. The van der Waals surface area contributed by atoms with Crippen LogP contribution in [-0.4, -0.2) is 11.8 Å². The summed E-state index contributed by atoms with van der Waals surface area (Å²) in [6.45, 7) is 4.93. The number of rotatable bonds is 8. The molecule has 0 aliphatic heterocycles. The van der Waals surface area contributed by atoms with Gasteiger partial charge < -0.3 is 10.2 Å². The molecule has 0 saturated carbocycles. The molecule has 4 aromatic rings. The van der Waals surface area contributed by atoms with Crippen molar-refractivity contribution in [1.29, 1.82) is 0 Å². The molecule has 35 heavy (non-hydrogen) atoms. The fraction of sp³-hybridized carbons (Fsp3) is 0.161. The molecule has 0 bridgehead atoms. The summed E-state index contributed by atoms with van der Waals surface area (Å²) in [6, 6.07) is 33.4. The highest BCUT2D eigenvalue weighted by Gasteiger charge is 2.20. The highest BCUT2D eigenvalue weighted by Crippen LogP contribution is 2.23. The number of nitrogens with one attached hydrogen (secondary N) is 1. The highest BCUT2D eigenvalue weighted by molar-refractivity contribution is 6.07. The molecule has 4 rings (SSSR count). The Balaban J connectivity index is 1.56. The summed E-state index contributed by atoms with van der Waals surface area (Å²) < 4.78 is 0. The van der Waals surface area contributed by atoms with Gasteiger partial charge in [0.2, 0.25) is 5.91 Å². The zero-order valence-electron chi connectivity index (χ0n) is 20.2. The van der Waals surface area contributed by atoms with Gasteiger partial charge in [0.25, 0.3) is 5.91 Å². The average molecular weight is 463 g/mol. The van der Waals surface area contributed by atoms with E-state index in [1.165, 1.54) is 5.56 Å². The van der Waals surface area contributed by atoms with Crippen molar-refractivity contribution in [2.75, 3.05) is 4.90 Å². The van der Waals surface area contributed by atoms with E-state index >= 15 is 0 Å². The van der Waals surface area contributed by atoms with Gasteiger partial charge in [-0.25, -0.2) is 0 Å². The topological polar surface area (TPSA) is 49.4 Å². The number of anilines is 1. The van der Waals surface area contributed by atoms with Gasteiger partial charge in [-0.3, -0.25) is 9.59 Å². The number of amides is 2. The zero-order chi connectivity index (χ0) is 24.6. The summed E-state index contributed by atoms with van der Waals surface area (Å²) in [4.78, 5) is 28.1. The van der Waals surface area contributed by atoms with Crippen LogP contribution >= 0.6 is 0 Å². The third-order valence-electron chi connectivity index (χ3n) is 6.00. The van der Waals surface area contributed by atoms with Crippen molar-refractivity contribution in [2.45, 2.75) is 33.4 Å². The van der Waals surface area contributed by atoms with Gasteiger partial charge >= 0.3 is 0 Å². The van der Waals surface area contributed by atoms with Crippen molar-refractivity contribution in [2.24, 2.45) is 0 Å². The summed E-state index contributed by atoms with van der Waals surface area (Å²) in [6.07, 6.45) is 0.248. The van der Waals surface area contributed by atoms with Crippen LogP contribution in [0.4, 0.5) is 5.69 Å². The van der Waals surface area contributed by atoms with Gasteiger partial charge in [-0.05, 0) is 54.3 Å². The molecule has 0 radical (unpaired) electrons. The number of hydrogen-bond acceptors (Lipinski definition) is 2. The predicted octanol–water partition coefficient (Wildman–Crippen LogP) is 6.01. The summed E-state index contributed by atoms with van der Waals surface area (Å²) in [5.74, 6) is -0.115. The van der Waals surface area contributed by atoms with E-state index in [4.69, 9.17) is 0 Å². The van der Waals surface area contributed by atoms with Gasteiger partial charge in [-0.2, -0.15) is 0 Å². The van der Waals surface area contributed by atoms with Crippen LogP contribution in [0.15, 0.2) is 103 Å². The number of nitrogens with zero attached hydrogens (tertiary/aromatic N) is 1. The second-order valence-corrected chi connectivity index (χ2v) is 8.80. The molecule has 0 aliphatic carbocycles. The molecular formula is C31H30N2O2. The molecule has 0 aliphatic rings. The molecule has 1 N–H and O–H groups in total. The second kappa shape index (κ2) is 11.3. The van der Waals surface area contributed by atoms with E-state index in [1.807, 2.05) is 105 Å². The van der Waals surface area contributed by atoms with Crippen molar-refractivity contribution >= 4 is 17.5 Å². The first-order valence-electron chi connectivity index (χ1n) is 11.8. The predicted molar refractivity (Wildman–Crippen MR) is 141 cm³/mol. The Morgan fingerprint density at radius 2 is 1.40 bits per heavy atom. The monoisotopic (exact) mass is 462 g/mol. The molecule has 0 heterocycles. The van der Waals surface area contributed by atoms with Crippen molar-refractivity contribution < 1.29 is 9.59 Å². The molecule has 0 unspecified atom stereocenters. The lowest BCUT2D eigenvalue weighted by molar-refractivity contribution is -0.120. The van der Waals surface area contributed by atoms with Crippen molar-refractivity contribution in [3.63, 3.8) is 0 Å². The van der Waals surface area contributed by atoms with Gasteiger partial charge in [0.15, 0.2) is 0 Å². The second-order valence-electron chi connectivity index (χ2n) is 8.80. The lowest BCUT2D eigenvalue weighted by atomic mass is 10.0. The maximum Gasteiger partial charge on any atom is 0.258 e. The van der Waals surface area contributed by atoms with E-state index in [0.29, 0.717) is 18.7 Å². The van der Waals surface area contributed by atoms with Gasteiger partial charge in [0, 0.05) is 17.8 Å². The SMILES string of the molecule is Cc1ccc(CN(C(=O)c2ccccc2C)c2cccc(CC(=O)NCc3ccccc3)c2)cc1. The maximum absolute atomic E-state index is 13.7. The van der Waals surface area contributed by atoms with Crippen LogP contribution in [0.5, 0.6) is 0 Å². The van der Waals surface area contributed by atoms with E-state index < -0.39 is 0 Å². The maximum atomic E-state index is 13.7. The number of aryl methyl sites for hydroxylation is 2.